The first-order valence-electron chi connectivity index (χ1n) is 7.96. The predicted molar refractivity (Wildman–Crippen MR) is 86.5 cm³/mol. The van der Waals surface area contributed by atoms with Crippen LogP contribution in [0.1, 0.15) is 5.56 Å². The molecule has 5 atom stereocenters. The molecule has 1 fully saturated rings. The summed E-state index contributed by atoms with van der Waals surface area (Å²) in [7, 11) is 0. The number of carbonyl (C=O) groups excluding carboxylic acids is 2. The highest BCUT2D eigenvalue weighted by atomic mass is 16.6. The lowest BCUT2D eigenvalue weighted by Crippen LogP contribution is -2.64. The molecular formula is C16H22N2O8. The van der Waals surface area contributed by atoms with Gasteiger partial charge in [0.05, 0.1) is 6.61 Å². The molecule has 1 saturated heterocycles. The predicted octanol–water partition coefficient (Wildman–Crippen LogP) is -2.17. The number of alkyl carbamates (subject to hydrolysis) is 1. The van der Waals surface area contributed by atoms with E-state index in [1.807, 2.05) is 6.07 Å². The smallest absolute Gasteiger partial charge is 0.407 e. The molecule has 0 aromatic heterocycles. The van der Waals surface area contributed by atoms with Gasteiger partial charge >= 0.3 is 6.09 Å². The molecule has 0 bridgehead atoms. The lowest BCUT2D eigenvalue weighted by molar-refractivity contribution is -0.253. The Balaban J connectivity index is 1.75. The number of aliphatic hydroxyl groups is 4. The molecule has 0 aliphatic carbocycles. The Morgan fingerprint density at radius 1 is 1.12 bits per heavy atom. The fourth-order valence-electron chi connectivity index (χ4n) is 2.42. The Kier molecular flexibility index (Phi) is 7.30. The molecule has 10 nitrogen and oxygen atoms in total. The number of carbonyl (C=O) groups is 2. The molecule has 1 aliphatic rings. The monoisotopic (exact) mass is 370 g/mol. The van der Waals surface area contributed by atoms with E-state index in [1.165, 1.54) is 0 Å². The molecular weight excluding hydrogens is 348 g/mol. The van der Waals surface area contributed by atoms with Crippen molar-refractivity contribution in [3.8, 4) is 0 Å². The van der Waals surface area contributed by atoms with E-state index >= 15 is 0 Å². The van der Waals surface area contributed by atoms with Gasteiger partial charge < -0.3 is 40.5 Å². The molecule has 1 aromatic carbocycles. The van der Waals surface area contributed by atoms with Crippen molar-refractivity contribution < 1.29 is 39.5 Å². The molecule has 1 heterocycles. The largest absolute Gasteiger partial charge is 0.445 e. The average Bonchev–Trinajstić information content (AvgIpc) is 2.65. The van der Waals surface area contributed by atoms with Gasteiger partial charge in [-0.2, -0.15) is 0 Å². The van der Waals surface area contributed by atoms with Crippen molar-refractivity contribution in [2.45, 2.75) is 37.3 Å². The maximum absolute atomic E-state index is 11.8. The summed E-state index contributed by atoms with van der Waals surface area (Å²) in [5.41, 5.74) is 0.783. The molecule has 26 heavy (non-hydrogen) atoms. The van der Waals surface area contributed by atoms with E-state index in [0.717, 1.165) is 5.56 Å². The summed E-state index contributed by atoms with van der Waals surface area (Å²) >= 11 is 0. The Labute approximate surface area is 149 Å². The van der Waals surface area contributed by atoms with Crippen LogP contribution in [0.25, 0.3) is 0 Å². The van der Waals surface area contributed by atoms with Gasteiger partial charge in [0.25, 0.3) is 0 Å². The number of hydrogen-bond donors (Lipinski definition) is 6. The molecule has 2 rings (SSSR count). The van der Waals surface area contributed by atoms with E-state index in [2.05, 4.69) is 10.6 Å². The first kappa shape index (κ1) is 20.1. The number of ether oxygens (including phenoxy) is 2. The summed E-state index contributed by atoms with van der Waals surface area (Å²) < 4.78 is 9.85. The fourth-order valence-corrected chi connectivity index (χ4v) is 2.42. The Morgan fingerprint density at radius 3 is 2.46 bits per heavy atom. The van der Waals surface area contributed by atoms with Crippen LogP contribution in [0.5, 0.6) is 0 Å². The Hall–Kier alpha value is -2.24. The summed E-state index contributed by atoms with van der Waals surface area (Å²) in [5.74, 6) is -0.733. The van der Waals surface area contributed by atoms with Crippen LogP contribution in [-0.4, -0.2) is 76.2 Å². The number of rotatable bonds is 6. The van der Waals surface area contributed by atoms with E-state index < -0.39 is 55.8 Å². The van der Waals surface area contributed by atoms with E-state index in [4.69, 9.17) is 14.6 Å². The van der Waals surface area contributed by atoms with Crippen molar-refractivity contribution in [2.24, 2.45) is 0 Å². The zero-order valence-corrected chi connectivity index (χ0v) is 13.8. The van der Waals surface area contributed by atoms with Gasteiger partial charge in [0.1, 0.15) is 37.5 Å². The second kappa shape index (κ2) is 9.46. The number of aliphatic hydroxyl groups excluding tert-OH is 4. The third-order valence-electron chi connectivity index (χ3n) is 3.83. The standard InChI is InChI=1S/C16H22N2O8/c19-7-10-13(21)14(22)12(15(23)26-10)18-11(20)6-17-16(24)25-8-9-4-2-1-3-5-9/h1-5,10,12-15,19,21-23H,6-8H2,(H,17,24)(H,18,20)/t10-,12-,13-,14-,15-/m1/s1. The summed E-state index contributed by atoms with van der Waals surface area (Å²) in [6.45, 7) is -1.04. The first-order chi connectivity index (χ1) is 12.4. The normalized spacial score (nSPS) is 28.2. The number of hydrogen-bond acceptors (Lipinski definition) is 8. The highest BCUT2D eigenvalue weighted by molar-refractivity contribution is 5.82. The third kappa shape index (κ3) is 5.38. The first-order valence-corrected chi connectivity index (χ1v) is 7.96. The molecule has 0 spiro atoms. The molecule has 10 heteroatoms. The summed E-state index contributed by atoms with van der Waals surface area (Å²) in [6, 6.07) is 7.65. The van der Waals surface area contributed by atoms with Crippen LogP contribution in [0.4, 0.5) is 4.79 Å². The van der Waals surface area contributed by atoms with Crippen LogP contribution >= 0.6 is 0 Å². The van der Waals surface area contributed by atoms with Gasteiger partial charge in [-0.3, -0.25) is 4.79 Å². The molecule has 2 amide bonds. The molecule has 1 aromatic rings. The molecule has 0 unspecified atom stereocenters. The highest BCUT2D eigenvalue weighted by Gasteiger charge is 2.44. The number of amides is 2. The van der Waals surface area contributed by atoms with Crippen LogP contribution in [0.15, 0.2) is 30.3 Å². The summed E-state index contributed by atoms with van der Waals surface area (Å²) in [4.78, 5) is 23.4. The summed E-state index contributed by atoms with van der Waals surface area (Å²) in [6.07, 6.45) is -6.65. The Bertz CT molecular complexity index is 599. The number of nitrogens with one attached hydrogen (secondary N) is 2. The van der Waals surface area contributed by atoms with Crippen molar-refractivity contribution in [1.29, 1.82) is 0 Å². The van der Waals surface area contributed by atoms with Gasteiger partial charge in [-0.15, -0.1) is 0 Å². The van der Waals surface area contributed by atoms with Crippen LogP contribution in [0.2, 0.25) is 0 Å². The topological polar surface area (TPSA) is 158 Å². The second-order valence-electron chi connectivity index (χ2n) is 5.74. The maximum Gasteiger partial charge on any atom is 0.407 e. The molecule has 0 radical (unpaired) electrons. The van der Waals surface area contributed by atoms with Gasteiger partial charge in [0.15, 0.2) is 6.29 Å². The van der Waals surface area contributed by atoms with E-state index in [0.29, 0.717) is 0 Å². The van der Waals surface area contributed by atoms with Crippen LogP contribution in [0, 0.1) is 0 Å². The van der Waals surface area contributed by atoms with E-state index in [-0.39, 0.29) is 6.61 Å². The van der Waals surface area contributed by atoms with Gasteiger partial charge in [-0.25, -0.2) is 4.79 Å². The summed E-state index contributed by atoms with van der Waals surface area (Å²) in [5, 5.41) is 42.9. The minimum Gasteiger partial charge on any atom is -0.445 e. The minimum atomic E-state index is -1.63. The van der Waals surface area contributed by atoms with Crippen LogP contribution in [0.3, 0.4) is 0 Å². The van der Waals surface area contributed by atoms with Crippen LogP contribution in [-0.2, 0) is 20.9 Å². The Morgan fingerprint density at radius 2 is 1.81 bits per heavy atom. The van der Waals surface area contributed by atoms with E-state index in [9.17, 15) is 24.9 Å². The van der Waals surface area contributed by atoms with E-state index in [1.54, 1.807) is 24.3 Å². The lowest BCUT2D eigenvalue weighted by atomic mass is 9.97. The molecule has 1 aliphatic heterocycles. The van der Waals surface area contributed by atoms with Crippen molar-refractivity contribution in [3.63, 3.8) is 0 Å². The number of benzene rings is 1. The molecule has 6 N–H and O–H groups in total. The van der Waals surface area contributed by atoms with Gasteiger partial charge in [0.2, 0.25) is 5.91 Å². The minimum absolute atomic E-state index is 0.0386. The molecule has 144 valence electrons. The quantitative estimate of drug-likeness (QED) is 0.330. The molecule has 0 saturated carbocycles. The van der Waals surface area contributed by atoms with Crippen molar-refractivity contribution in [3.05, 3.63) is 35.9 Å². The van der Waals surface area contributed by atoms with Crippen molar-refractivity contribution >= 4 is 12.0 Å². The van der Waals surface area contributed by atoms with Crippen molar-refractivity contribution in [2.75, 3.05) is 13.2 Å². The van der Waals surface area contributed by atoms with Gasteiger partial charge in [0, 0.05) is 0 Å². The zero-order chi connectivity index (χ0) is 19.1. The SMILES string of the molecule is O=C(CNC(=O)OCc1ccccc1)N[C@@H]1[C@@H](O)[C@H](O)[C@@H](CO)O[C@H]1O. The lowest BCUT2D eigenvalue weighted by Gasteiger charge is -2.40. The zero-order valence-electron chi connectivity index (χ0n) is 13.8. The third-order valence-corrected chi connectivity index (χ3v) is 3.83. The van der Waals surface area contributed by atoms with Crippen LogP contribution < -0.4 is 10.6 Å². The second-order valence-corrected chi connectivity index (χ2v) is 5.74. The van der Waals surface area contributed by atoms with Crippen molar-refractivity contribution in [1.82, 2.24) is 10.6 Å². The fraction of sp³-hybridized carbons (Fsp3) is 0.500. The van der Waals surface area contributed by atoms with Gasteiger partial charge in [-0.05, 0) is 5.56 Å². The maximum atomic E-state index is 11.8. The average molecular weight is 370 g/mol. The highest BCUT2D eigenvalue weighted by Crippen LogP contribution is 2.19. The van der Waals surface area contributed by atoms with Gasteiger partial charge in [-0.1, -0.05) is 30.3 Å².